The number of nitrogens with one attached hydrogen (secondary N) is 1. The van der Waals surface area contributed by atoms with Gasteiger partial charge >= 0.3 is 6.18 Å². The Hall–Kier alpha value is -1.70. The first kappa shape index (κ1) is 13.4. The quantitative estimate of drug-likeness (QED) is 0.372. The van der Waals surface area contributed by atoms with Crippen LogP contribution in [0.5, 0.6) is 0 Å². The molecule has 0 aliphatic carbocycles. The first-order chi connectivity index (χ1) is 7.79. The molecule has 0 amide bonds. The molecule has 17 heavy (non-hydrogen) atoms. The van der Waals surface area contributed by atoms with Crippen LogP contribution in [0.25, 0.3) is 0 Å². The van der Waals surface area contributed by atoms with Gasteiger partial charge in [-0.3, -0.25) is 5.43 Å². The molecule has 3 N–H and O–H groups in total. The van der Waals surface area contributed by atoms with Gasteiger partial charge in [-0.25, -0.2) is 4.39 Å². The minimum atomic E-state index is -4.61. The van der Waals surface area contributed by atoms with Gasteiger partial charge in [0.15, 0.2) is 5.11 Å². The maximum absolute atomic E-state index is 12.9. The van der Waals surface area contributed by atoms with Gasteiger partial charge in [0.1, 0.15) is 5.82 Å². The third-order valence-corrected chi connectivity index (χ3v) is 1.73. The summed E-state index contributed by atoms with van der Waals surface area (Å²) in [6, 6.07) is 2.06. The number of hydrogen-bond donors (Lipinski definition) is 2. The number of nitrogens with two attached hydrogens (primary N) is 1. The van der Waals surface area contributed by atoms with Gasteiger partial charge in [-0.05, 0) is 36.0 Å². The summed E-state index contributed by atoms with van der Waals surface area (Å²) < 4.78 is 49.9. The molecule has 0 atom stereocenters. The Morgan fingerprint density at radius 3 is 2.53 bits per heavy atom. The van der Waals surface area contributed by atoms with Crippen molar-refractivity contribution < 1.29 is 17.6 Å². The Morgan fingerprint density at radius 1 is 1.35 bits per heavy atom. The molecular weight excluding hydrogens is 258 g/mol. The van der Waals surface area contributed by atoms with Crippen LogP contribution < -0.4 is 11.2 Å². The molecule has 0 aliphatic heterocycles. The Labute approximate surface area is 99.3 Å². The lowest BCUT2D eigenvalue weighted by Crippen LogP contribution is -2.24. The molecule has 0 aromatic heterocycles. The van der Waals surface area contributed by atoms with Crippen molar-refractivity contribution in [2.24, 2.45) is 10.8 Å². The van der Waals surface area contributed by atoms with Crippen molar-refractivity contribution in [2.45, 2.75) is 6.18 Å². The van der Waals surface area contributed by atoms with Gasteiger partial charge in [0.05, 0.1) is 11.8 Å². The number of benzene rings is 1. The highest BCUT2D eigenvalue weighted by Crippen LogP contribution is 2.30. The van der Waals surface area contributed by atoms with Crippen LogP contribution in [0, 0.1) is 5.82 Å². The second-order valence-corrected chi connectivity index (χ2v) is 3.45. The SMILES string of the molecule is NC(=S)NN=Cc1cc(F)cc(C(F)(F)F)c1. The fourth-order valence-corrected chi connectivity index (χ4v) is 1.07. The highest BCUT2D eigenvalue weighted by molar-refractivity contribution is 7.80. The fourth-order valence-electron chi connectivity index (χ4n) is 1.02. The van der Waals surface area contributed by atoms with E-state index in [4.69, 9.17) is 5.73 Å². The van der Waals surface area contributed by atoms with Crippen LogP contribution in [0.15, 0.2) is 23.3 Å². The summed E-state index contributed by atoms with van der Waals surface area (Å²) >= 11 is 4.42. The molecule has 0 aliphatic rings. The molecule has 0 unspecified atom stereocenters. The zero-order valence-electron chi connectivity index (χ0n) is 8.25. The minimum Gasteiger partial charge on any atom is -0.375 e. The largest absolute Gasteiger partial charge is 0.416 e. The third kappa shape index (κ3) is 4.35. The second-order valence-electron chi connectivity index (χ2n) is 3.01. The first-order valence-corrected chi connectivity index (χ1v) is 4.66. The van der Waals surface area contributed by atoms with E-state index in [1.54, 1.807) is 0 Å². The summed E-state index contributed by atoms with van der Waals surface area (Å²) in [7, 11) is 0. The highest BCUT2D eigenvalue weighted by Gasteiger charge is 2.31. The maximum Gasteiger partial charge on any atom is 0.416 e. The van der Waals surface area contributed by atoms with Crippen LogP contribution in [0.4, 0.5) is 17.6 Å². The van der Waals surface area contributed by atoms with Crippen LogP contribution in [0.2, 0.25) is 0 Å². The van der Waals surface area contributed by atoms with Crippen molar-refractivity contribution in [2.75, 3.05) is 0 Å². The molecule has 92 valence electrons. The van der Waals surface area contributed by atoms with E-state index < -0.39 is 17.6 Å². The fraction of sp³-hybridized carbons (Fsp3) is 0.111. The number of rotatable bonds is 2. The number of alkyl halides is 3. The highest BCUT2D eigenvalue weighted by atomic mass is 32.1. The molecule has 3 nitrogen and oxygen atoms in total. The molecule has 8 heteroatoms. The molecule has 1 rings (SSSR count). The van der Waals surface area contributed by atoms with Crippen molar-refractivity contribution >= 4 is 23.5 Å². The lowest BCUT2D eigenvalue weighted by atomic mass is 10.1. The lowest BCUT2D eigenvalue weighted by Gasteiger charge is -2.07. The molecule has 0 fully saturated rings. The summed E-state index contributed by atoms with van der Waals surface area (Å²) in [6.45, 7) is 0. The standard InChI is InChI=1S/C9H7F4N3S/c10-7-2-5(4-15-16-8(14)17)1-6(3-7)9(11,12)13/h1-4H,(H3,14,16,17). The molecule has 0 radical (unpaired) electrons. The van der Waals surface area contributed by atoms with E-state index in [1.165, 1.54) is 0 Å². The summed E-state index contributed by atoms with van der Waals surface area (Å²) in [5.41, 5.74) is 6.04. The van der Waals surface area contributed by atoms with Gasteiger partial charge in [-0.15, -0.1) is 0 Å². The summed E-state index contributed by atoms with van der Waals surface area (Å²) in [5, 5.41) is 3.29. The van der Waals surface area contributed by atoms with Crippen LogP contribution in [-0.2, 0) is 6.18 Å². The van der Waals surface area contributed by atoms with Gasteiger partial charge < -0.3 is 5.73 Å². The van der Waals surface area contributed by atoms with E-state index in [2.05, 4.69) is 22.7 Å². The van der Waals surface area contributed by atoms with Gasteiger partial charge in [-0.2, -0.15) is 18.3 Å². The summed E-state index contributed by atoms with van der Waals surface area (Å²) in [4.78, 5) is 0. The normalized spacial score (nSPS) is 11.8. The zero-order valence-corrected chi connectivity index (χ0v) is 9.07. The number of thiocarbonyl (C=S) groups is 1. The van der Waals surface area contributed by atoms with Gasteiger partial charge in [-0.1, -0.05) is 0 Å². The Bertz CT molecular complexity index is 456. The average Bonchev–Trinajstić information content (AvgIpc) is 2.14. The third-order valence-electron chi connectivity index (χ3n) is 1.64. The monoisotopic (exact) mass is 265 g/mol. The van der Waals surface area contributed by atoms with E-state index in [-0.39, 0.29) is 10.7 Å². The molecule has 0 heterocycles. The molecule has 1 aromatic rings. The van der Waals surface area contributed by atoms with Gasteiger partial charge in [0, 0.05) is 0 Å². The molecule has 1 aromatic carbocycles. The number of hydrazone groups is 1. The lowest BCUT2D eigenvalue weighted by molar-refractivity contribution is -0.137. The van der Waals surface area contributed by atoms with Gasteiger partial charge in [0.25, 0.3) is 0 Å². The van der Waals surface area contributed by atoms with E-state index in [9.17, 15) is 17.6 Å². The maximum atomic E-state index is 12.9. The smallest absolute Gasteiger partial charge is 0.375 e. The van der Waals surface area contributed by atoms with Crippen LogP contribution >= 0.6 is 12.2 Å². The first-order valence-electron chi connectivity index (χ1n) is 4.25. The summed E-state index contributed by atoms with van der Waals surface area (Å²) in [5.74, 6) is -1.00. The predicted octanol–water partition coefficient (Wildman–Crippen LogP) is 2.01. The van der Waals surface area contributed by atoms with Crippen LogP contribution in [0.3, 0.4) is 0 Å². The van der Waals surface area contributed by atoms with Crippen molar-refractivity contribution in [3.05, 3.63) is 35.1 Å². The van der Waals surface area contributed by atoms with E-state index in [1.807, 2.05) is 0 Å². The number of hydrogen-bond acceptors (Lipinski definition) is 2. The van der Waals surface area contributed by atoms with Crippen LogP contribution in [0.1, 0.15) is 11.1 Å². The molecular formula is C9H7F4N3S. The Morgan fingerprint density at radius 2 is 2.00 bits per heavy atom. The topological polar surface area (TPSA) is 50.4 Å². The van der Waals surface area contributed by atoms with Gasteiger partial charge in [0.2, 0.25) is 0 Å². The molecule has 0 saturated carbocycles. The van der Waals surface area contributed by atoms with Crippen molar-refractivity contribution in [3.8, 4) is 0 Å². The number of nitrogens with zero attached hydrogens (tertiary/aromatic N) is 1. The predicted molar refractivity (Wildman–Crippen MR) is 58.9 cm³/mol. The minimum absolute atomic E-state index is 0.0546. The zero-order chi connectivity index (χ0) is 13.1. The van der Waals surface area contributed by atoms with Crippen molar-refractivity contribution in [1.29, 1.82) is 0 Å². The Kier molecular flexibility index (Phi) is 4.00. The molecule has 0 spiro atoms. The summed E-state index contributed by atoms with van der Waals surface area (Å²) in [6.07, 6.45) is -3.63. The van der Waals surface area contributed by atoms with E-state index in [0.717, 1.165) is 18.3 Å². The Balaban J connectivity index is 2.98. The average molecular weight is 265 g/mol. The number of halogens is 4. The molecule has 0 bridgehead atoms. The van der Waals surface area contributed by atoms with E-state index >= 15 is 0 Å². The second kappa shape index (κ2) is 5.09. The van der Waals surface area contributed by atoms with Crippen LogP contribution in [-0.4, -0.2) is 11.3 Å². The molecule has 0 saturated heterocycles. The van der Waals surface area contributed by atoms with Crippen molar-refractivity contribution in [1.82, 2.24) is 5.43 Å². The van der Waals surface area contributed by atoms with E-state index in [0.29, 0.717) is 6.07 Å². The van der Waals surface area contributed by atoms with Crippen molar-refractivity contribution in [3.63, 3.8) is 0 Å².